The van der Waals surface area contributed by atoms with Gasteiger partial charge in [0.1, 0.15) is 11.4 Å². The van der Waals surface area contributed by atoms with Gasteiger partial charge in [0.2, 0.25) is 0 Å². The van der Waals surface area contributed by atoms with E-state index in [1.165, 1.54) is 12.3 Å². The molecule has 2 rings (SSSR count). The van der Waals surface area contributed by atoms with Gasteiger partial charge < -0.3 is 9.52 Å². The minimum Gasteiger partial charge on any atom is -0.464 e. The first kappa shape index (κ1) is 8.26. The summed E-state index contributed by atoms with van der Waals surface area (Å²) in [4.78, 5) is 0. The van der Waals surface area contributed by atoms with Gasteiger partial charge in [-0.2, -0.15) is 0 Å². The van der Waals surface area contributed by atoms with Gasteiger partial charge in [-0.05, 0) is 18.6 Å². The van der Waals surface area contributed by atoms with Crippen molar-refractivity contribution in [2.45, 2.75) is 6.42 Å². The van der Waals surface area contributed by atoms with Crippen LogP contribution in [0.3, 0.4) is 0 Å². The van der Waals surface area contributed by atoms with Crippen molar-refractivity contribution in [3.8, 4) is 0 Å². The van der Waals surface area contributed by atoms with Crippen LogP contribution in [0.15, 0.2) is 28.9 Å². The van der Waals surface area contributed by atoms with Crippen LogP contribution in [0.1, 0.15) is 5.56 Å². The monoisotopic (exact) mass is 180 g/mol. The van der Waals surface area contributed by atoms with Crippen LogP contribution in [-0.4, -0.2) is 11.7 Å². The van der Waals surface area contributed by atoms with E-state index in [4.69, 9.17) is 9.52 Å². The van der Waals surface area contributed by atoms with E-state index < -0.39 is 0 Å². The van der Waals surface area contributed by atoms with Gasteiger partial charge in [0.15, 0.2) is 0 Å². The molecule has 2 aromatic rings. The number of aliphatic hydroxyl groups excluding tert-OH is 1. The maximum Gasteiger partial charge on any atom is 0.137 e. The highest BCUT2D eigenvalue weighted by Gasteiger charge is 2.08. The number of hydrogen-bond donors (Lipinski definition) is 1. The van der Waals surface area contributed by atoms with E-state index in [-0.39, 0.29) is 12.4 Å². The largest absolute Gasteiger partial charge is 0.464 e. The highest BCUT2D eigenvalue weighted by Crippen LogP contribution is 2.23. The molecular weight excluding hydrogens is 171 g/mol. The van der Waals surface area contributed by atoms with Gasteiger partial charge in [-0.1, -0.05) is 6.07 Å². The van der Waals surface area contributed by atoms with Gasteiger partial charge in [0, 0.05) is 12.2 Å². The lowest BCUT2D eigenvalue weighted by Crippen LogP contribution is -1.89. The quantitative estimate of drug-likeness (QED) is 0.767. The van der Waals surface area contributed by atoms with Crippen LogP contribution in [-0.2, 0) is 6.42 Å². The molecule has 1 N–H and O–H groups in total. The topological polar surface area (TPSA) is 33.4 Å². The number of hydrogen-bond acceptors (Lipinski definition) is 2. The summed E-state index contributed by atoms with van der Waals surface area (Å²) in [6.45, 7) is 0.00294. The lowest BCUT2D eigenvalue weighted by Gasteiger charge is -1.94. The van der Waals surface area contributed by atoms with Gasteiger partial charge in [0.05, 0.1) is 11.6 Å². The molecule has 1 aromatic heterocycles. The summed E-state index contributed by atoms with van der Waals surface area (Å²) in [5.41, 5.74) is 1.25. The third-order valence-corrected chi connectivity index (χ3v) is 2.01. The average molecular weight is 180 g/mol. The fourth-order valence-corrected chi connectivity index (χ4v) is 1.41. The van der Waals surface area contributed by atoms with Crippen LogP contribution in [0, 0.1) is 5.82 Å². The molecule has 1 heterocycles. The minimum absolute atomic E-state index is 0.00294. The molecule has 0 unspecified atom stereocenters. The maximum atomic E-state index is 13.3. The second kappa shape index (κ2) is 3.18. The third kappa shape index (κ3) is 1.31. The van der Waals surface area contributed by atoms with Crippen LogP contribution in [0.25, 0.3) is 11.0 Å². The van der Waals surface area contributed by atoms with E-state index in [0.29, 0.717) is 17.4 Å². The molecule has 0 fully saturated rings. The number of fused-ring (bicyclic) bond motifs is 1. The Hall–Kier alpha value is -1.35. The van der Waals surface area contributed by atoms with Crippen molar-refractivity contribution in [1.82, 2.24) is 0 Å². The first-order chi connectivity index (χ1) is 6.33. The Morgan fingerprint density at radius 3 is 3.00 bits per heavy atom. The number of rotatable bonds is 2. The number of aliphatic hydroxyl groups is 1. The summed E-state index contributed by atoms with van der Waals surface area (Å²) in [5.74, 6) is -0.297. The molecule has 0 saturated carbocycles. The summed E-state index contributed by atoms with van der Waals surface area (Å²) >= 11 is 0. The predicted molar refractivity (Wildman–Crippen MR) is 47.0 cm³/mol. The van der Waals surface area contributed by atoms with Gasteiger partial charge in [0.25, 0.3) is 0 Å². The number of furan rings is 1. The second-order valence-electron chi connectivity index (χ2n) is 2.85. The third-order valence-electron chi connectivity index (χ3n) is 2.01. The van der Waals surface area contributed by atoms with E-state index in [9.17, 15) is 4.39 Å². The number of halogens is 1. The maximum absolute atomic E-state index is 13.3. The lowest BCUT2D eigenvalue weighted by atomic mass is 10.1. The Balaban J connectivity index is 2.64. The van der Waals surface area contributed by atoms with E-state index in [1.54, 1.807) is 12.1 Å². The fourth-order valence-electron chi connectivity index (χ4n) is 1.41. The summed E-state index contributed by atoms with van der Waals surface area (Å²) in [5, 5.41) is 9.21. The van der Waals surface area contributed by atoms with Crippen molar-refractivity contribution in [2.24, 2.45) is 0 Å². The zero-order chi connectivity index (χ0) is 9.26. The fraction of sp³-hybridized carbons (Fsp3) is 0.200. The summed E-state index contributed by atoms with van der Waals surface area (Å²) in [7, 11) is 0. The average Bonchev–Trinajstić information content (AvgIpc) is 2.51. The van der Waals surface area contributed by atoms with Crippen LogP contribution >= 0.6 is 0 Å². The zero-order valence-electron chi connectivity index (χ0n) is 6.96. The van der Waals surface area contributed by atoms with Crippen molar-refractivity contribution in [2.75, 3.05) is 6.61 Å². The van der Waals surface area contributed by atoms with Crippen LogP contribution in [0.2, 0.25) is 0 Å². The highest BCUT2D eigenvalue weighted by molar-refractivity contribution is 5.81. The molecule has 2 nitrogen and oxygen atoms in total. The van der Waals surface area contributed by atoms with E-state index in [1.807, 2.05) is 0 Å². The Morgan fingerprint density at radius 2 is 2.23 bits per heavy atom. The normalized spacial score (nSPS) is 10.9. The molecule has 1 aromatic carbocycles. The Morgan fingerprint density at radius 1 is 1.38 bits per heavy atom. The van der Waals surface area contributed by atoms with Crippen molar-refractivity contribution in [3.63, 3.8) is 0 Å². The van der Waals surface area contributed by atoms with E-state index >= 15 is 0 Å². The molecule has 0 radical (unpaired) electrons. The van der Waals surface area contributed by atoms with E-state index in [2.05, 4.69) is 0 Å². The van der Waals surface area contributed by atoms with E-state index in [0.717, 1.165) is 5.56 Å². The minimum atomic E-state index is -0.297. The molecule has 3 heteroatoms. The van der Waals surface area contributed by atoms with Crippen molar-refractivity contribution < 1.29 is 13.9 Å². The molecule has 13 heavy (non-hydrogen) atoms. The van der Waals surface area contributed by atoms with Crippen LogP contribution < -0.4 is 0 Å². The van der Waals surface area contributed by atoms with Gasteiger partial charge in [-0.15, -0.1) is 0 Å². The van der Waals surface area contributed by atoms with Gasteiger partial charge >= 0.3 is 0 Å². The van der Waals surface area contributed by atoms with Crippen molar-refractivity contribution >= 4 is 11.0 Å². The second-order valence-corrected chi connectivity index (χ2v) is 2.85. The van der Waals surface area contributed by atoms with Gasteiger partial charge in [-0.3, -0.25) is 0 Å². The molecule has 0 saturated heterocycles. The molecule has 68 valence electrons. The molecule has 0 aliphatic carbocycles. The SMILES string of the molecule is OCCc1coc2cccc(F)c12. The Bertz CT molecular complexity index is 420. The lowest BCUT2D eigenvalue weighted by molar-refractivity contribution is 0.299. The molecule has 0 spiro atoms. The van der Waals surface area contributed by atoms with Gasteiger partial charge in [-0.25, -0.2) is 4.39 Å². The first-order valence-electron chi connectivity index (χ1n) is 4.08. The molecule has 0 aliphatic rings. The molecule has 0 bridgehead atoms. The van der Waals surface area contributed by atoms with Crippen LogP contribution in [0.5, 0.6) is 0 Å². The summed E-state index contributed by atoms with van der Waals surface area (Å²) < 4.78 is 18.4. The predicted octanol–water partition coefficient (Wildman–Crippen LogP) is 2.11. The highest BCUT2D eigenvalue weighted by atomic mass is 19.1. The molecule has 0 atom stereocenters. The Kier molecular flexibility index (Phi) is 2.02. The number of benzene rings is 1. The molecule has 0 amide bonds. The molecular formula is C10H9FO2. The van der Waals surface area contributed by atoms with Crippen molar-refractivity contribution in [3.05, 3.63) is 35.8 Å². The Labute approximate surface area is 74.6 Å². The summed E-state index contributed by atoms with van der Waals surface area (Å²) in [6, 6.07) is 4.70. The molecule has 0 aliphatic heterocycles. The smallest absolute Gasteiger partial charge is 0.137 e. The first-order valence-corrected chi connectivity index (χ1v) is 4.08. The van der Waals surface area contributed by atoms with Crippen molar-refractivity contribution in [1.29, 1.82) is 0 Å². The standard InChI is InChI=1S/C10H9FO2/c11-8-2-1-3-9-10(8)7(4-5-12)6-13-9/h1-3,6,12H,4-5H2. The summed E-state index contributed by atoms with van der Waals surface area (Å²) in [6.07, 6.45) is 1.91. The zero-order valence-corrected chi connectivity index (χ0v) is 6.96. The van der Waals surface area contributed by atoms with Crippen LogP contribution in [0.4, 0.5) is 4.39 Å².